The molecule has 2 fully saturated rings. The van der Waals surface area contributed by atoms with Gasteiger partial charge in [0.05, 0.1) is 19.3 Å². The van der Waals surface area contributed by atoms with Crippen LogP contribution < -0.4 is 5.32 Å². The number of hydrogen-bond acceptors (Lipinski definition) is 3. The van der Waals surface area contributed by atoms with Crippen molar-refractivity contribution in [1.82, 2.24) is 10.2 Å². The van der Waals surface area contributed by atoms with Crippen molar-refractivity contribution in [2.45, 2.75) is 38.6 Å². The largest absolute Gasteiger partial charge is 0.377 e. The average Bonchev–Trinajstić information content (AvgIpc) is 2.38. The molecule has 98 valence electrons. The molecular formula is C13H24N2O2. The minimum Gasteiger partial charge on any atom is -0.377 e. The van der Waals surface area contributed by atoms with Gasteiger partial charge in [-0.15, -0.1) is 0 Å². The van der Waals surface area contributed by atoms with Gasteiger partial charge in [-0.1, -0.05) is 0 Å². The van der Waals surface area contributed by atoms with Gasteiger partial charge < -0.3 is 15.0 Å². The van der Waals surface area contributed by atoms with Crippen LogP contribution in [0.4, 0.5) is 0 Å². The first-order chi connectivity index (χ1) is 8.27. The number of amides is 1. The summed E-state index contributed by atoms with van der Waals surface area (Å²) in [5.41, 5.74) is 0. The van der Waals surface area contributed by atoms with Gasteiger partial charge in [0.25, 0.3) is 0 Å². The molecule has 2 heterocycles. The molecule has 0 unspecified atom stereocenters. The number of piperidine rings is 1. The molecule has 0 bridgehead atoms. The van der Waals surface area contributed by atoms with E-state index in [-0.39, 0.29) is 6.04 Å². The Balaban J connectivity index is 1.72. The van der Waals surface area contributed by atoms with Crippen LogP contribution in [-0.4, -0.2) is 49.7 Å². The Morgan fingerprint density at radius 3 is 2.88 bits per heavy atom. The summed E-state index contributed by atoms with van der Waals surface area (Å²) in [5, 5.41) is 3.36. The molecule has 0 aliphatic carbocycles. The number of rotatable bonds is 3. The summed E-state index contributed by atoms with van der Waals surface area (Å²) in [5.74, 6) is 1.07. The van der Waals surface area contributed by atoms with Gasteiger partial charge in [0, 0.05) is 13.0 Å². The van der Waals surface area contributed by atoms with Crippen molar-refractivity contribution in [2.75, 3.05) is 32.8 Å². The molecule has 4 nitrogen and oxygen atoms in total. The lowest BCUT2D eigenvalue weighted by Crippen LogP contribution is -2.47. The number of ether oxygens (including phenoxy) is 1. The van der Waals surface area contributed by atoms with Gasteiger partial charge in [0.1, 0.15) is 0 Å². The monoisotopic (exact) mass is 240 g/mol. The van der Waals surface area contributed by atoms with Gasteiger partial charge >= 0.3 is 0 Å². The molecule has 4 heteroatoms. The molecular weight excluding hydrogens is 216 g/mol. The standard InChI is InChI=1S/C13H24N2O2/c1-11-10-17-9-8-15(11)13(16)3-2-12-4-6-14-7-5-12/h11-12,14H,2-10H2,1H3/t11-/m1/s1. The van der Waals surface area contributed by atoms with Crippen molar-refractivity contribution in [1.29, 1.82) is 0 Å². The van der Waals surface area contributed by atoms with Gasteiger partial charge in [0.15, 0.2) is 0 Å². The Morgan fingerprint density at radius 1 is 1.41 bits per heavy atom. The molecule has 0 aromatic carbocycles. The SMILES string of the molecule is C[C@@H]1COCCN1C(=O)CCC1CCNCC1. The highest BCUT2D eigenvalue weighted by atomic mass is 16.5. The maximum absolute atomic E-state index is 12.1. The number of carbonyl (C=O) groups excluding carboxylic acids is 1. The Morgan fingerprint density at radius 2 is 2.18 bits per heavy atom. The molecule has 2 rings (SSSR count). The average molecular weight is 240 g/mol. The second-order valence-electron chi connectivity index (χ2n) is 5.24. The molecule has 2 aliphatic heterocycles. The van der Waals surface area contributed by atoms with E-state index in [0.29, 0.717) is 19.1 Å². The maximum Gasteiger partial charge on any atom is 0.222 e. The van der Waals surface area contributed by atoms with Crippen LogP contribution in [-0.2, 0) is 9.53 Å². The van der Waals surface area contributed by atoms with E-state index < -0.39 is 0 Å². The van der Waals surface area contributed by atoms with E-state index in [1.165, 1.54) is 12.8 Å². The van der Waals surface area contributed by atoms with Crippen LogP contribution in [0, 0.1) is 5.92 Å². The minimum atomic E-state index is 0.254. The first-order valence-electron chi connectivity index (χ1n) is 6.85. The highest BCUT2D eigenvalue weighted by Crippen LogP contribution is 2.19. The highest BCUT2D eigenvalue weighted by Gasteiger charge is 2.24. The van der Waals surface area contributed by atoms with Crippen LogP contribution >= 0.6 is 0 Å². The molecule has 17 heavy (non-hydrogen) atoms. The Labute approximate surface area is 104 Å². The zero-order chi connectivity index (χ0) is 12.1. The summed E-state index contributed by atoms with van der Waals surface area (Å²) in [4.78, 5) is 14.1. The van der Waals surface area contributed by atoms with Crippen molar-refractivity contribution >= 4 is 5.91 Å². The van der Waals surface area contributed by atoms with Crippen LogP contribution in [0.1, 0.15) is 32.6 Å². The summed E-state index contributed by atoms with van der Waals surface area (Å²) in [6, 6.07) is 0.254. The van der Waals surface area contributed by atoms with Crippen molar-refractivity contribution in [3.8, 4) is 0 Å². The number of nitrogens with zero attached hydrogens (tertiary/aromatic N) is 1. The Bertz CT molecular complexity index is 252. The van der Waals surface area contributed by atoms with Crippen LogP contribution in [0.25, 0.3) is 0 Å². The van der Waals surface area contributed by atoms with E-state index in [1.54, 1.807) is 0 Å². The van der Waals surface area contributed by atoms with E-state index in [1.807, 2.05) is 4.90 Å². The van der Waals surface area contributed by atoms with Gasteiger partial charge in [-0.3, -0.25) is 4.79 Å². The number of morpholine rings is 1. The maximum atomic E-state index is 12.1. The Kier molecular flexibility index (Phi) is 4.80. The van der Waals surface area contributed by atoms with Crippen molar-refractivity contribution in [3.05, 3.63) is 0 Å². The van der Waals surface area contributed by atoms with E-state index in [2.05, 4.69) is 12.2 Å². The lowest BCUT2D eigenvalue weighted by atomic mass is 9.93. The van der Waals surface area contributed by atoms with Gasteiger partial charge in [-0.25, -0.2) is 0 Å². The zero-order valence-corrected chi connectivity index (χ0v) is 10.8. The second-order valence-corrected chi connectivity index (χ2v) is 5.24. The second kappa shape index (κ2) is 6.36. The van der Waals surface area contributed by atoms with Crippen LogP contribution in [0.5, 0.6) is 0 Å². The molecule has 0 aromatic heterocycles. The quantitative estimate of drug-likeness (QED) is 0.800. The van der Waals surface area contributed by atoms with E-state index in [4.69, 9.17) is 4.74 Å². The first-order valence-corrected chi connectivity index (χ1v) is 6.85. The van der Waals surface area contributed by atoms with Crippen LogP contribution in [0.15, 0.2) is 0 Å². The molecule has 1 amide bonds. The topological polar surface area (TPSA) is 41.6 Å². The summed E-state index contributed by atoms with van der Waals surface area (Å²) in [6.07, 6.45) is 4.23. The minimum absolute atomic E-state index is 0.254. The predicted molar refractivity (Wildman–Crippen MR) is 66.8 cm³/mol. The third kappa shape index (κ3) is 3.68. The summed E-state index contributed by atoms with van der Waals surface area (Å²) >= 11 is 0. The molecule has 0 saturated carbocycles. The highest BCUT2D eigenvalue weighted by molar-refractivity contribution is 5.76. The van der Waals surface area contributed by atoms with Gasteiger partial charge in [0.2, 0.25) is 5.91 Å². The van der Waals surface area contributed by atoms with Gasteiger partial charge in [-0.2, -0.15) is 0 Å². The molecule has 0 aromatic rings. The van der Waals surface area contributed by atoms with E-state index in [9.17, 15) is 4.79 Å². The summed E-state index contributed by atoms with van der Waals surface area (Å²) in [6.45, 7) is 6.47. The lowest BCUT2D eigenvalue weighted by molar-refractivity contribution is -0.139. The number of carbonyl (C=O) groups is 1. The lowest BCUT2D eigenvalue weighted by Gasteiger charge is -2.34. The fourth-order valence-electron chi connectivity index (χ4n) is 2.74. The van der Waals surface area contributed by atoms with Crippen LogP contribution in [0.2, 0.25) is 0 Å². The van der Waals surface area contributed by atoms with E-state index >= 15 is 0 Å². The fourth-order valence-corrected chi connectivity index (χ4v) is 2.74. The van der Waals surface area contributed by atoms with Gasteiger partial charge in [-0.05, 0) is 45.2 Å². The number of nitrogens with one attached hydrogen (secondary N) is 1. The third-order valence-electron chi connectivity index (χ3n) is 3.91. The predicted octanol–water partition coefficient (Wildman–Crippen LogP) is 1.01. The van der Waals surface area contributed by atoms with Crippen molar-refractivity contribution < 1.29 is 9.53 Å². The molecule has 2 aliphatic rings. The van der Waals surface area contributed by atoms with E-state index in [0.717, 1.165) is 38.4 Å². The zero-order valence-electron chi connectivity index (χ0n) is 10.8. The first kappa shape index (κ1) is 12.8. The summed E-state index contributed by atoms with van der Waals surface area (Å²) in [7, 11) is 0. The molecule has 1 N–H and O–H groups in total. The van der Waals surface area contributed by atoms with Crippen molar-refractivity contribution in [3.63, 3.8) is 0 Å². The molecule has 2 saturated heterocycles. The fraction of sp³-hybridized carbons (Fsp3) is 0.923. The van der Waals surface area contributed by atoms with Crippen molar-refractivity contribution in [2.24, 2.45) is 5.92 Å². The normalized spacial score (nSPS) is 27.1. The summed E-state index contributed by atoms with van der Waals surface area (Å²) < 4.78 is 5.35. The smallest absolute Gasteiger partial charge is 0.222 e. The third-order valence-corrected chi connectivity index (χ3v) is 3.91. The van der Waals surface area contributed by atoms with Crippen LogP contribution in [0.3, 0.4) is 0 Å². The Hall–Kier alpha value is -0.610. The molecule has 1 atom stereocenters. The number of hydrogen-bond donors (Lipinski definition) is 1. The molecule has 0 spiro atoms. The molecule has 0 radical (unpaired) electrons.